The molecule has 2 atom stereocenters. The Balaban J connectivity index is 1.17. The van der Waals surface area contributed by atoms with Gasteiger partial charge in [-0.1, -0.05) is 24.0 Å². The summed E-state index contributed by atoms with van der Waals surface area (Å²) >= 11 is 1.22. The summed E-state index contributed by atoms with van der Waals surface area (Å²) < 4.78 is 45.4. The monoisotopic (exact) mass is 662 g/mol. The molecule has 2 aromatic carbocycles. The van der Waals surface area contributed by atoms with Gasteiger partial charge in [-0.3, -0.25) is 14.6 Å². The number of aliphatic hydroxyl groups excluding tert-OH is 2. The molecule has 7 rings (SSSR count). The molecule has 9 nitrogen and oxygen atoms in total. The van der Waals surface area contributed by atoms with Crippen molar-refractivity contribution in [2.45, 2.75) is 69.9 Å². The number of hydrogen-bond donors (Lipinski definition) is 3. The van der Waals surface area contributed by atoms with Crippen molar-refractivity contribution in [1.82, 2.24) is 24.3 Å². The van der Waals surface area contributed by atoms with Gasteiger partial charge >= 0.3 is 6.18 Å². The smallest absolute Gasteiger partial charge is 0.393 e. The Morgan fingerprint density at radius 1 is 1.06 bits per heavy atom. The van der Waals surface area contributed by atoms with Gasteiger partial charge in [0.05, 0.1) is 23.7 Å². The van der Waals surface area contributed by atoms with Crippen LogP contribution in [-0.4, -0.2) is 59.6 Å². The minimum Gasteiger partial charge on any atom is -0.393 e. The number of imidazole rings is 1. The van der Waals surface area contributed by atoms with Gasteiger partial charge in [-0.15, -0.1) is 11.3 Å². The molecule has 1 saturated heterocycles. The van der Waals surface area contributed by atoms with Gasteiger partial charge in [0, 0.05) is 66.7 Å². The third kappa shape index (κ3) is 6.57. The molecule has 3 N–H and O–H groups in total. The number of halogens is 3. The van der Waals surface area contributed by atoms with E-state index in [1.165, 1.54) is 22.3 Å². The zero-order chi connectivity index (χ0) is 32.7. The summed E-state index contributed by atoms with van der Waals surface area (Å²) in [6.07, 6.45) is -0.240. The maximum Gasteiger partial charge on any atom is 0.416 e. The number of benzene rings is 2. The van der Waals surface area contributed by atoms with Gasteiger partial charge in [-0.05, 0) is 61.1 Å². The molecule has 0 radical (unpaired) electrons. The van der Waals surface area contributed by atoms with Crippen molar-refractivity contribution in [1.29, 1.82) is 0 Å². The summed E-state index contributed by atoms with van der Waals surface area (Å²) in [4.78, 5) is 26.0. The van der Waals surface area contributed by atoms with E-state index in [2.05, 4.69) is 32.0 Å². The van der Waals surface area contributed by atoms with Gasteiger partial charge in [0.2, 0.25) is 5.91 Å². The Bertz CT molecular complexity index is 1820. The van der Waals surface area contributed by atoms with Crippen molar-refractivity contribution < 1.29 is 28.2 Å². The van der Waals surface area contributed by atoms with Crippen LogP contribution in [0.5, 0.6) is 0 Å². The largest absolute Gasteiger partial charge is 0.416 e. The summed E-state index contributed by atoms with van der Waals surface area (Å²) in [5, 5.41) is 26.1. The lowest BCUT2D eigenvalue weighted by atomic mass is 9.98. The molecule has 2 unspecified atom stereocenters. The number of thiazole rings is 1. The number of likely N-dealkylation sites (tertiary alicyclic amines) is 1. The number of alkyl halides is 3. The molecule has 4 aromatic rings. The average Bonchev–Trinajstić information content (AvgIpc) is 3.85. The average molecular weight is 663 g/mol. The Kier molecular flexibility index (Phi) is 8.63. The zero-order valence-corrected chi connectivity index (χ0v) is 26.2. The first-order chi connectivity index (χ1) is 22.6. The fourth-order valence-corrected chi connectivity index (χ4v) is 7.24. The topological polar surface area (TPSA) is 107 Å². The SMILES string of the molecule is O=C(Nc1nccs1)C(c1ncn2c1CCC2)N1Cc2c(cc(C#Cc3ccc(CN4CCC(O)CC4)cc3)cc2C(F)(F)F)C1O. The van der Waals surface area contributed by atoms with Gasteiger partial charge < -0.3 is 20.1 Å². The van der Waals surface area contributed by atoms with Crippen LogP contribution in [0, 0.1) is 11.8 Å². The number of amides is 1. The fourth-order valence-electron chi connectivity index (χ4n) is 6.70. The van der Waals surface area contributed by atoms with Crippen LogP contribution in [0.4, 0.5) is 18.3 Å². The highest BCUT2D eigenvalue weighted by atomic mass is 32.1. The number of aromatic nitrogens is 3. The summed E-state index contributed by atoms with van der Waals surface area (Å²) in [6, 6.07) is 8.92. The molecule has 0 spiro atoms. The summed E-state index contributed by atoms with van der Waals surface area (Å²) in [5.74, 6) is 5.30. The van der Waals surface area contributed by atoms with Crippen LogP contribution < -0.4 is 5.32 Å². The molecule has 3 aliphatic rings. The lowest BCUT2D eigenvalue weighted by Crippen LogP contribution is -2.37. The quantitative estimate of drug-likeness (QED) is 0.254. The Labute approximate surface area is 273 Å². The summed E-state index contributed by atoms with van der Waals surface area (Å²) in [7, 11) is 0. The lowest BCUT2D eigenvalue weighted by molar-refractivity contribution is -0.138. The summed E-state index contributed by atoms with van der Waals surface area (Å²) in [6.45, 7) is 2.83. The molecule has 0 bridgehead atoms. The van der Waals surface area contributed by atoms with Gasteiger partial charge in [0.15, 0.2) is 5.13 Å². The Morgan fingerprint density at radius 3 is 2.55 bits per heavy atom. The first-order valence-electron chi connectivity index (χ1n) is 15.6. The second-order valence-corrected chi connectivity index (χ2v) is 13.1. The molecule has 5 heterocycles. The van der Waals surface area contributed by atoms with E-state index in [-0.39, 0.29) is 29.3 Å². The Hall–Kier alpha value is -4.06. The second kappa shape index (κ2) is 12.9. The fraction of sp³-hybridized carbons (Fsp3) is 0.382. The molecule has 13 heteroatoms. The number of hydrogen-bond acceptors (Lipinski definition) is 8. The maximum atomic E-state index is 14.5. The van der Waals surface area contributed by atoms with Gasteiger partial charge in [0.25, 0.3) is 0 Å². The van der Waals surface area contributed by atoms with Crippen LogP contribution >= 0.6 is 11.3 Å². The van der Waals surface area contributed by atoms with E-state index in [9.17, 15) is 28.2 Å². The number of aliphatic hydroxyl groups is 2. The predicted molar refractivity (Wildman–Crippen MR) is 169 cm³/mol. The summed E-state index contributed by atoms with van der Waals surface area (Å²) in [5.41, 5.74) is 2.17. The number of anilines is 1. The molecule has 3 aliphatic heterocycles. The number of rotatable bonds is 6. The van der Waals surface area contributed by atoms with Gasteiger partial charge in [0.1, 0.15) is 12.3 Å². The van der Waals surface area contributed by atoms with E-state index in [0.29, 0.717) is 22.8 Å². The number of carbonyl (C=O) groups is 1. The van der Waals surface area contributed by atoms with Crippen LogP contribution in [0.3, 0.4) is 0 Å². The number of nitrogens with one attached hydrogen (secondary N) is 1. The Morgan fingerprint density at radius 2 is 1.83 bits per heavy atom. The molecular weight excluding hydrogens is 629 g/mol. The van der Waals surface area contributed by atoms with E-state index in [4.69, 9.17) is 0 Å². The van der Waals surface area contributed by atoms with Gasteiger partial charge in [-0.25, -0.2) is 9.97 Å². The van der Waals surface area contributed by atoms with E-state index in [0.717, 1.165) is 62.8 Å². The highest BCUT2D eigenvalue weighted by molar-refractivity contribution is 7.13. The second-order valence-electron chi connectivity index (χ2n) is 12.2. The number of fused-ring (bicyclic) bond motifs is 2. The molecule has 1 amide bonds. The first kappa shape index (κ1) is 31.5. The van der Waals surface area contributed by atoms with Crippen molar-refractivity contribution in [3.8, 4) is 11.8 Å². The highest BCUT2D eigenvalue weighted by Gasteiger charge is 2.45. The molecule has 2 aromatic heterocycles. The number of piperidine rings is 1. The van der Waals surface area contributed by atoms with Crippen LogP contribution in [0.2, 0.25) is 0 Å². The predicted octanol–water partition coefficient (Wildman–Crippen LogP) is 4.85. The molecule has 0 aliphatic carbocycles. The molecule has 47 heavy (non-hydrogen) atoms. The maximum absolute atomic E-state index is 14.5. The van der Waals surface area contributed by atoms with Gasteiger partial charge in [-0.2, -0.15) is 13.2 Å². The molecule has 1 fully saturated rings. The number of aryl methyl sites for hydroxylation is 1. The third-order valence-corrected chi connectivity index (χ3v) is 9.77. The van der Waals surface area contributed by atoms with Crippen molar-refractivity contribution in [3.05, 3.63) is 99.1 Å². The van der Waals surface area contributed by atoms with Crippen LogP contribution in [-0.2, 0) is 37.0 Å². The van der Waals surface area contributed by atoms with E-state index < -0.39 is 29.9 Å². The van der Waals surface area contributed by atoms with Crippen LogP contribution in [0.15, 0.2) is 54.3 Å². The van der Waals surface area contributed by atoms with E-state index in [1.54, 1.807) is 17.9 Å². The van der Waals surface area contributed by atoms with Crippen molar-refractivity contribution >= 4 is 22.4 Å². The minimum absolute atomic E-state index is 0.0639. The number of nitrogens with zero attached hydrogens (tertiary/aromatic N) is 5. The van der Waals surface area contributed by atoms with Crippen molar-refractivity contribution in [2.24, 2.45) is 0 Å². The van der Waals surface area contributed by atoms with E-state index in [1.807, 2.05) is 28.8 Å². The van der Waals surface area contributed by atoms with E-state index >= 15 is 0 Å². The standard InChI is InChI=1S/C34H33F3N6O3S/c35-34(36,37)27-17-23(8-5-21-3-6-22(7-4-21)18-41-13-9-24(44)10-14-41)16-25-26(27)19-43(32(25)46)30(31(45)40-33-38-11-15-47-33)29-28-2-1-12-42(28)20-39-29/h3-4,6-7,11,15-17,20,24,30,32,44,46H,1-2,9-10,12-14,18-19H2,(H,38,40,45). The normalized spacial score (nSPS) is 19.2. The molecule has 0 saturated carbocycles. The zero-order valence-electron chi connectivity index (χ0n) is 25.4. The molecule has 244 valence electrons. The number of carbonyl (C=O) groups excluding carboxylic acids is 1. The first-order valence-corrected chi connectivity index (χ1v) is 16.5. The highest BCUT2D eigenvalue weighted by Crippen LogP contribution is 2.45. The van der Waals surface area contributed by atoms with Crippen molar-refractivity contribution in [2.75, 3.05) is 18.4 Å². The third-order valence-electron chi connectivity index (χ3n) is 9.08. The minimum atomic E-state index is -4.71. The molecular formula is C34H33F3N6O3S. The van der Waals surface area contributed by atoms with Crippen molar-refractivity contribution in [3.63, 3.8) is 0 Å². The van der Waals surface area contributed by atoms with Crippen LogP contribution in [0.25, 0.3) is 0 Å². The van der Waals surface area contributed by atoms with Crippen LogP contribution in [0.1, 0.15) is 76.3 Å². The lowest BCUT2D eigenvalue weighted by Gasteiger charge is -2.29.